The molecular formula is C22H25N3O3S. The van der Waals surface area contributed by atoms with Gasteiger partial charge in [0.25, 0.3) is 0 Å². The first-order valence-corrected chi connectivity index (χ1v) is 10.7. The molecule has 29 heavy (non-hydrogen) atoms. The number of anilines is 1. The van der Waals surface area contributed by atoms with Crippen molar-refractivity contribution in [1.29, 1.82) is 0 Å². The first-order chi connectivity index (χ1) is 14.0. The van der Waals surface area contributed by atoms with E-state index >= 15 is 0 Å². The number of aryl methyl sites for hydroxylation is 3. The highest BCUT2D eigenvalue weighted by Gasteiger charge is 2.20. The van der Waals surface area contributed by atoms with E-state index in [1.54, 1.807) is 11.3 Å². The third-order valence-electron chi connectivity index (χ3n) is 5.28. The number of benzene rings is 1. The van der Waals surface area contributed by atoms with Gasteiger partial charge in [0.1, 0.15) is 18.1 Å². The molecule has 1 unspecified atom stereocenters. The molecule has 3 aromatic rings. The van der Waals surface area contributed by atoms with E-state index in [9.17, 15) is 4.79 Å². The first-order valence-electron chi connectivity index (χ1n) is 9.90. The monoisotopic (exact) mass is 411 g/mol. The molecule has 0 saturated heterocycles. The van der Waals surface area contributed by atoms with Crippen LogP contribution in [-0.2, 0) is 30.7 Å². The maximum atomic E-state index is 12.4. The van der Waals surface area contributed by atoms with Crippen LogP contribution in [0.4, 0.5) is 5.13 Å². The second-order valence-electron chi connectivity index (χ2n) is 7.70. The zero-order valence-electron chi connectivity index (χ0n) is 16.9. The number of carbonyl (C=O) groups is 1. The van der Waals surface area contributed by atoms with Crippen molar-refractivity contribution >= 4 is 22.4 Å². The number of thiazole rings is 1. The van der Waals surface area contributed by atoms with E-state index in [2.05, 4.69) is 22.4 Å². The molecule has 0 bridgehead atoms. The summed E-state index contributed by atoms with van der Waals surface area (Å²) in [4.78, 5) is 18.3. The number of fused-ring (bicyclic) bond motifs is 1. The molecule has 1 amide bonds. The lowest BCUT2D eigenvalue weighted by atomic mass is 9.93. The fourth-order valence-electron chi connectivity index (χ4n) is 3.51. The van der Waals surface area contributed by atoms with Crippen LogP contribution in [0.3, 0.4) is 0 Å². The molecule has 4 rings (SSSR count). The maximum Gasteiger partial charge on any atom is 0.230 e. The molecule has 0 aliphatic heterocycles. The molecule has 2 aromatic heterocycles. The fourth-order valence-corrected chi connectivity index (χ4v) is 4.70. The largest absolute Gasteiger partial charge is 0.489 e. The standard InChI is InChI=1S/C22H25N3O3S/c1-13-4-9-19-20(10-13)29-22(23-19)24-21(26)11-16-5-7-17(8-6-16)27-12-18-14(2)25-28-15(18)3/h5-8,13H,4,9-12H2,1-3H3,(H,23,24,26). The molecule has 1 atom stereocenters. The molecule has 0 radical (unpaired) electrons. The van der Waals surface area contributed by atoms with Gasteiger partial charge in [0, 0.05) is 4.88 Å². The Bertz CT molecular complexity index is 987. The van der Waals surface area contributed by atoms with Gasteiger partial charge >= 0.3 is 0 Å². The maximum absolute atomic E-state index is 12.4. The van der Waals surface area contributed by atoms with Crippen molar-refractivity contribution in [2.45, 2.75) is 53.1 Å². The summed E-state index contributed by atoms with van der Waals surface area (Å²) in [6, 6.07) is 7.59. The van der Waals surface area contributed by atoms with Crippen molar-refractivity contribution in [3.63, 3.8) is 0 Å². The predicted molar refractivity (Wildman–Crippen MR) is 112 cm³/mol. The van der Waals surface area contributed by atoms with Gasteiger partial charge < -0.3 is 14.6 Å². The van der Waals surface area contributed by atoms with Gasteiger partial charge in [0.2, 0.25) is 5.91 Å². The van der Waals surface area contributed by atoms with Gasteiger partial charge in [-0.1, -0.05) is 24.2 Å². The molecule has 152 valence electrons. The van der Waals surface area contributed by atoms with Crippen LogP contribution in [0.1, 0.15) is 46.5 Å². The molecule has 1 N–H and O–H groups in total. The summed E-state index contributed by atoms with van der Waals surface area (Å²) in [5, 5.41) is 7.60. The van der Waals surface area contributed by atoms with Crippen LogP contribution < -0.4 is 10.1 Å². The summed E-state index contributed by atoms with van der Waals surface area (Å²) in [7, 11) is 0. The molecular weight excluding hydrogens is 386 g/mol. The fraction of sp³-hybridized carbons (Fsp3) is 0.409. The Morgan fingerprint density at radius 3 is 2.83 bits per heavy atom. The molecule has 1 aliphatic carbocycles. The van der Waals surface area contributed by atoms with Gasteiger partial charge in [0.05, 0.1) is 23.4 Å². The van der Waals surface area contributed by atoms with E-state index in [1.807, 2.05) is 38.1 Å². The van der Waals surface area contributed by atoms with Crippen molar-refractivity contribution in [2.75, 3.05) is 5.32 Å². The van der Waals surface area contributed by atoms with E-state index < -0.39 is 0 Å². The molecule has 1 aliphatic rings. The number of nitrogens with zero attached hydrogens (tertiary/aromatic N) is 2. The Morgan fingerprint density at radius 2 is 2.10 bits per heavy atom. The quantitative estimate of drug-likeness (QED) is 0.640. The highest BCUT2D eigenvalue weighted by Crippen LogP contribution is 2.32. The van der Waals surface area contributed by atoms with Crippen LogP contribution in [-0.4, -0.2) is 16.0 Å². The first kappa shape index (κ1) is 19.6. The minimum atomic E-state index is -0.0477. The Morgan fingerprint density at radius 1 is 1.31 bits per heavy atom. The molecule has 7 heteroatoms. The average Bonchev–Trinajstić information content (AvgIpc) is 3.23. The number of carbonyl (C=O) groups excluding carboxylic acids is 1. The zero-order chi connectivity index (χ0) is 20.4. The highest BCUT2D eigenvalue weighted by molar-refractivity contribution is 7.15. The Kier molecular flexibility index (Phi) is 5.67. The summed E-state index contributed by atoms with van der Waals surface area (Å²) in [5.74, 6) is 2.17. The van der Waals surface area contributed by atoms with Crippen LogP contribution >= 0.6 is 11.3 Å². The Hall–Kier alpha value is -2.67. The van der Waals surface area contributed by atoms with Crippen LogP contribution in [0.15, 0.2) is 28.8 Å². The van der Waals surface area contributed by atoms with Gasteiger partial charge in [-0.2, -0.15) is 0 Å². The summed E-state index contributed by atoms with van der Waals surface area (Å²) in [5.41, 5.74) is 3.90. The van der Waals surface area contributed by atoms with Crippen LogP contribution in [0, 0.1) is 19.8 Å². The van der Waals surface area contributed by atoms with Gasteiger partial charge in [0.15, 0.2) is 5.13 Å². The molecule has 2 heterocycles. The summed E-state index contributed by atoms with van der Waals surface area (Å²) in [6.45, 7) is 6.45. The van der Waals surface area contributed by atoms with E-state index in [1.165, 1.54) is 11.3 Å². The molecule has 6 nitrogen and oxygen atoms in total. The van der Waals surface area contributed by atoms with Gasteiger partial charge in [-0.25, -0.2) is 4.98 Å². The zero-order valence-corrected chi connectivity index (χ0v) is 17.8. The van der Waals surface area contributed by atoms with Crippen LogP contribution in [0.2, 0.25) is 0 Å². The lowest BCUT2D eigenvalue weighted by Gasteiger charge is -2.15. The molecule has 1 aromatic carbocycles. The lowest BCUT2D eigenvalue weighted by Crippen LogP contribution is -2.14. The van der Waals surface area contributed by atoms with E-state index in [4.69, 9.17) is 9.26 Å². The number of hydrogen-bond acceptors (Lipinski definition) is 6. The van der Waals surface area contributed by atoms with Crippen LogP contribution in [0.5, 0.6) is 5.75 Å². The number of nitrogens with one attached hydrogen (secondary N) is 1. The predicted octanol–water partition coefficient (Wildman–Crippen LogP) is 4.63. The Balaban J connectivity index is 1.31. The topological polar surface area (TPSA) is 77.2 Å². The van der Waals surface area contributed by atoms with E-state index in [0.29, 0.717) is 24.1 Å². The van der Waals surface area contributed by atoms with E-state index in [-0.39, 0.29) is 5.91 Å². The lowest BCUT2D eigenvalue weighted by molar-refractivity contribution is -0.115. The minimum Gasteiger partial charge on any atom is -0.489 e. The number of aromatic nitrogens is 2. The smallest absolute Gasteiger partial charge is 0.230 e. The highest BCUT2D eigenvalue weighted by atomic mass is 32.1. The van der Waals surface area contributed by atoms with Gasteiger partial charge in [-0.3, -0.25) is 4.79 Å². The SMILES string of the molecule is Cc1noc(C)c1COc1ccc(CC(=O)Nc2nc3c(s2)CC(C)CC3)cc1. The molecule has 0 spiro atoms. The summed E-state index contributed by atoms with van der Waals surface area (Å²) < 4.78 is 11.0. The van der Waals surface area contributed by atoms with Crippen molar-refractivity contribution in [1.82, 2.24) is 10.1 Å². The van der Waals surface area contributed by atoms with E-state index in [0.717, 1.165) is 46.9 Å². The minimum absolute atomic E-state index is 0.0477. The summed E-state index contributed by atoms with van der Waals surface area (Å²) in [6.07, 6.45) is 3.57. The van der Waals surface area contributed by atoms with Crippen LogP contribution in [0.25, 0.3) is 0 Å². The Labute approximate surface area is 174 Å². The van der Waals surface area contributed by atoms with Gasteiger partial charge in [-0.15, -0.1) is 11.3 Å². The average molecular weight is 412 g/mol. The number of hydrogen-bond donors (Lipinski definition) is 1. The van der Waals surface area contributed by atoms with Crippen molar-refractivity contribution in [2.24, 2.45) is 5.92 Å². The second kappa shape index (κ2) is 8.37. The number of ether oxygens (including phenoxy) is 1. The summed E-state index contributed by atoms with van der Waals surface area (Å²) >= 11 is 1.61. The second-order valence-corrected chi connectivity index (χ2v) is 8.78. The number of amides is 1. The number of rotatable bonds is 6. The molecule has 0 saturated carbocycles. The van der Waals surface area contributed by atoms with Crippen molar-refractivity contribution in [3.05, 3.63) is 57.4 Å². The van der Waals surface area contributed by atoms with Crippen molar-refractivity contribution in [3.8, 4) is 5.75 Å². The normalized spacial score (nSPS) is 15.8. The van der Waals surface area contributed by atoms with Gasteiger partial charge in [-0.05, 0) is 56.7 Å². The third kappa shape index (κ3) is 4.67. The third-order valence-corrected chi connectivity index (χ3v) is 6.32. The molecule has 0 fully saturated rings. The van der Waals surface area contributed by atoms with Crippen molar-refractivity contribution < 1.29 is 14.1 Å².